The summed E-state index contributed by atoms with van der Waals surface area (Å²) in [4.78, 5) is 18.3. The molecule has 0 unspecified atom stereocenters. The van der Waals surface area contributed by atoms with Gasteiger partial charge < -0.3 is 15.5 Å². The van der Waals surface area contributed by atoms with E-state index < -0.39 is 0 Å². The zero-order valence-electron chi connectivity index (χ0n) is 13.2. The van der Waals surface area contributed by atoms with Crippen LogP contribution >= 0.6 is 0 Å². The zero-order valence-corrected chi connectivity index (χ0v) is 13.2. The van der Waals surface area contributed by atoms with Crippen molar-refractivity contribution >= 4 is 11.7 Å². The molecule has 0 saturated carbocycles. The van der Waals surface area contributed by atoms with Gasteiger partial charge in [-0.15, -0.1) is 0 Å². The monoisotopic (exact) mass is 310 g/mol. The van der Waals surface area contributed by atoms with Crippen molar-refractivity contribution < 1.29 is 4.79 Å². The summed E-state index contributed by atoms with van der Waals surface area (Å²) in [6, 6.07) is 11.9. The molecule has 1 fully saturated rings. The van der Waals surface area contributed by atoms with Crippen LogP contribution in [0.5, 0.6) is 0 Å². The first-order valence-electron chi connectivity index (χ1n) is 8.06. The SMILES string of the molecule is O=C(NCc1ccncc1)NCc1ccccc1N1CCCC1. The van der Waals surface area contributed by atoms with Gasteiger partial charge in [-0.1, -0.05) is 18.2 Å². The molecule has 1 aromatic carbocycles. The highest BCUT2D eigenvalue weighted by Crippen LogP contribution is 2.24. The Bertz CT molecular complexity index is 638. The van der Waals surface area contributed by atoms with Crippen molar-refractivity contribution in [2.24, 2.45) is 0 Å². The molecular weight excluding hydrogens is 288 g/mol. The lowest BCUT2D eigenvalue weighted by Crippen LogP contribution is -2.35. The van der Waals surface area contributed by atoms with Crippen molar-refractivity contribution in [2.45, 2.75) is 25.9 Å². The molecule has 1 aliphatic rings. The van der Waals surface area contributed by atoms with E-state index in [4.69, 9.17) is 0 Å². The maximum atomic E-state index is 12.0. The summed E-state index contributed by atoms with van der Waals surface area (Å²) >= 11 is 0. The Balaban J connectivity index is 1.53. The van der Waals surface area contributed by atoms with Gasteiger partial charge in [0.15, 0.2) is 0 Å². The molecule has 0 bridgehead atoms. The standard InChI is InChI=1S/C18H22N4O/c23-18(20-13-15-7-9-19-10-8-15)21-14-16-5-1-2-6-17(16)22-11-3-4-12-22/h1-2,5-10H,3-4,11-14H2,(H2,20,21,23). The summed E-state index contributed by atoms with van der Waals surface area (Å²) in [5.74, 6) is 0. The second kappa shape index (κ2) is 7.63. The molecule has 2 heterocycles. The summed E-state index contributed by atoms with van der Waals surface area (Å²) in [6.45, 7) is 3.24. The Labute approximate surface area is 136 Å². The van der Waals surface area contributed by atoms with Gasteiger partial charge in [0.2, 0.25) is 0 Å². The van der Waals surface area contributed by atoms with Crippen LogP contribution in [-0.2, 0) is 13.1 Å². The van der Waals surface area contributed by atoms with Gasteiger partial charge in [0.25, 0.3) is 0 Å². The highest BCUT2D eigenvalue weighted by Gasteiger charge is 2.15. The van der Waals surface area contributed by atoms with Gasteiger partial charge in [-0.2, -0.15) is 0 Å². The zero-order chi connectivity index (χ0) is 15.9. The number of carbonyl (C=O) groups excluding carboxylic acids is 1. The third-order valence-electron chi connectivity index (χ3n) is 4.08. The molecule has 2 aromatic rings. The van der Waals surface area contributed by atoms with E-state index in [9.17, 15) is 4.79 Å². The number of benzene rings is 1. The van der Waals surface area contributed by atoms with Gasteiger partial charge in [0.05, 0.1) is 0 Å². The summed E-state index contributed by atoms with van der Waals surface area (Å²) in [5.41, 5.74) is 3.43. The molecule has 120 valence electrons. The third kappa shape index (κ3) is 4.22. The number of amides is 2. The van der Waals surface area contributed by atoms with Crippen LogP contribution in [0.4, 0.5) is 10.5 Å². The minimum Gasteiger partial charge on any atom is -0.371 e. The Kier molecular flexibility index (Phi) is 5.09. The fourth-order valence-electron chi connectivity index (χ4n) is 2.85. The number of para-hydroxylation sites is 1. The molecule has 0 aliphatic carbocycles. The van der Waals surface area contributed by atoms with E-state index in [1.54, 1.807) is 12.4 Å². The number of urea groups is 1. The third-order valence-corrected chi connectivity index (χ3v) is 4.08. The molecule has 1 saturated heterocycles. The van der Waals surface area contributed by atoms with E-state index in [2.05, 4.69) is 38.7 Å². The van der Waals surface area contributed by atoms with E-state index in [0.717, 1.165) is 24.2 Å². The van der Waals surface area contributed by atoms with Gasteiger partial charge in [-0.05, 0) is 42.2 Å². The number of carbonyl (C=O) groups is 1. The molecular formula is C18H22N4O. The van der Waals surface area contributed by atoms with Gasteiger partial charge in [0.1, 0.15) is 0 Å². The lowest BCUT2D eigenvalue weighted by molar-refractivity contribution is 0.240. The topological polar surface area (TPSA) is 57.3 Å². The fraction of sp³-hybridized carbons (Fsp3) is 0.333. The van der Waals surface area contributed by atoms with Crippen LogP contribution < -0.4 is 15.5 Å². The molecule has 3 rings (SSSR count). The largest absolute Gasteiger partial charge is 0.371 e. The minimum atomic E-state index is -0.155. The van der Waals surface area contributed by atoms with Crippen molar-refractivity contribution in [3.63, 3.8) is 0 Å². The summed E-state index contributed by atoms with van der Waals surface area (Å²) < 4.78 is 0. The van der Waals surface area contributed by atoms with Crippen LogP contribution in [0.3, 0.4) is 0 Å². The predicted octanol–water partition coefficient (Wildman–Crippen LogP) is 2.68. The van der Waals surface area contributed by atoms with Crippen LogP contribution in [-0.4, -0.2) is 24.1 Å². The molecule has 1 aromatic heterocycles. The lowest BCUT2D eigenvalue weighted by Gasteiger charge is -2.21. The Morgan fingerprint density at radius 3 is 2.48 bits per heavy atom. The van der Waals surface area contributed by atoms with Crippen molar-refractivity contribution in [3.05, 3.63) is 59.9 Å². The number of hydrogen-bond acceptors (Lipinski definition) is 3. The number of nitrogens with zero attached hydrogens (tertiary/aromatic N) is 2. The molecule has 1 aliphatic heterocycles. The molecule has 2 N–H and O–H groups in total. The Morgan fingerprint density at radius 2 is 1.70 bits per heavy atom. The van der Waals surface area contributed by atoms with E-state index in [0.29, 0.717) is 13.1 Å². The first-order valence-corrected chi connectivity index (χ1v) is 8.06. The Hall–Kier alpha value is -2.56. The first-order chi connectivity index (χ1) is 11.3. The van der Waals surface area contributed by atoms with Gasteiger partial charge in [-0.25, -0.2) is 4.79 Å². The Morgan fingerprint density at radius 1 is 1.00 bits per heavy atom. The van der Waals surface area contributed by atoms with Crippen molar-refractivity contribution in [1.82, 2.24) is 15.6 Å². The van der Waals surface area contributed by atoms with Crippen molar-refractivity contribution in [2.75, 3.05) is 18.0 Å². The van der Waals surface area contributed by atoms with Gasteiger partial charge >= 0.3 is 6.03 Å². The van der Waals surface area contributed by atoms with Crippen molar-refractivity contribution in [1.29, 1.82) is 0 Å². The maximum Gasteiger partial charge on any atom is 0.315 e. The number of hydrogen-bond donors (Lipinski definition) is 2. The predicted molar refractivity (Wildman–Crippen MR) is 91.2 cm³/mol. The second-order valence-electron chi connectivity index (χ2n) is 5.71. The van der Waals surface area contributed by atoms with Gasteiger partial charge in [0, 0.05) is 44.3 Å². The quantitative estimate of drug-likeness (QED) is 0.893. The molecule has 5 nitrogen and oxygen atoms in total. The second-order valence-corrected chi connectivity index (χ2v) is 5.71. The molecule has 0 atom stereocenters. The molecule has 0 spiro atoms. The smallest absolute Gasteiger partial charge is 0.315 e. The van der Waals surface area contributed by atoms with Crippen molar-refractivity contribution in [3.8, 4) is 0 Å². The normalized spacial score (nSPS) is 13.8. The summed E-state index contributed by atoms with van der Waals surface area (Å²) in [7, 11) is 0. The van der Waals surface area contributed by atoms with E-state index >= 15 is 0 Å². The minimum absolute atomic E-state index is 0.155. The number of pyridine rings is 1. The maximum absolute atomic E-state index is 12.0. The average molecular weight is 310 g/mol. The van der Waals surface area contributed by atoms with Gasteiger partial charge in [-0.3, -0.25) is 4.98 Å². The molecule has 23 heavy (non-hydrogen) atoms. The lowest BCUT2D eigenvalue weighted by atomic mass is 10.1. The molecule has 5 heteroatoms. The average Bonchev–Trinajstić information content (AvgIpc) is 3.14. The molecule has 2 amide bonds. The highest BCUT2D eigenvalue weighted by atomic mass is 16.2. The number of nitrogens with one attached hydrogen (secondary N) is 2. The van der Waals surface area contributed by atoms with E-state index in [1.165, 1.54) is 18.5 Å². The molecule has 0 radical (unpaired) electrons. The van der Waals surface area contributed by atoms with E-state index in [1.807, 2.05) is 18.2 Å². The van der Waals surface area contributed by atoms with E-state index in [-0.39, 0.29) is 6.03 Å². The number of anilines is 1. The van der Waals surface area contributed by atoms with Crippen LogP contribution in [0, 0.1) is 0 Å². The highest BCUT2D eigenvalue weighted by molar-refractivity contribution is 5.74. The van der Waals surface area contributed by atoms with Crippen LogP contribution in [0.15, 0.2) is 48.8 Å². The first kappa shape index (κ1) is 15.3. The summed E-state index contributed by atoms with van der Waals surface area (Å²) in [6.07, 6.45) is 5.94. The number of aromatic nitrogens is 1. The van der Waals surface area contributed by atoms with Crippen LogP contribution in [0.2, 0.25) is 0 Å². The summed E-state index contributed by atoms with van der Waals surface area (Å²) in [5, 5.41) is 5.81. The number of rotatable bonds is 5. The fourth-order valence-corrected chi connectivity index (χ4v) is 2.85. The van der Waals surface area contributed by atoms with Crippen LogP contribution in [0.25, 0.3) is 0 Å². The van der Waals surface area contributed by atoms with Crippen LogP contribution in [0.1, 0.15) is 24.0 Å².